The van der Waals surface area contributed by atoms with E-state index in [1.54, 1.807) is 0 Å². The van der Waals surface area contributed by atoms with Crippen LogP contribution in [0.1, 0.15) is 22.7 Å². The molecule has 0 aliphatic rings. The van der Waals surface area contributed by atoms with Gasteiger partial charge in [-0.25, -0.2) is 4.39 Å². The Labute approximate surface area is 116 Å². The van der Waals surface area contributed by atoms with Gasteiger partial charge in [-0.05, 0) is 31.0 Å². The monoisotopic (exact) mass is 318 g/mol. The molecule has 0 radical (unpaired) electrons. The zero-order valence-corrected chi connectivity index (χ0v) is 11.0. The van der Waals surface area contributed by atoms with Crippen molar-refractivity contribution in [3.63, 3.8) is 0 Å². The van der Waals surface area contributed by atoms with Crippen LogP contribution in [0.4, 0.5) is 30.7 Å². The summed E-state index contributed by atoms with van der Waals surface area (Å²) in [6, 6.07) is -0.325. The second-order valence-electron chi connectivity index (χ2n) is 4.68. The van der Waals surface area contributed by atoms with Crippen LogP contribution < -0.4 is 11.3 Å². The lowest BCUT2D eigenvalue weighted by atomic mass is 9.88. The van der Waals surface area contributed by atoms with Gasteiger partial charge in [0.25, 0.3) is 0 Å². The first-order chi connectivity index (χ1) is 9.39. The summed E-state index contributed by atoms with van der Waals surface area (Å²) in [7, 11) is 0. The van der Waals surface area contributed by atoms with Gasteiger partial charge in [0.2, 0.25) is 0 Å². The van der Waals surface area contributed by atoms with E-state index in [4.69, 9.17) is 5.84 Å². The molecule has 9 heteroatoms. The van der Waals surface area contributed by atoms with Crippen molar-refractivity contribution in [1.82, 2.24) is 5.43 Å². The molecule has 1 unspecified atom stereocenters. The highest BCUT2D eigenvalue weighted by atomic mass is 19.4. The van der Waals surface area contributed by atoms with Crippen LogP contribution in [0.2, 0.25) is 0 Å². The van der Waals surface area contributed by atoms with Gasteiger partial charge in [0.1, 0.15) is 5.82 Å². The Kier molecular flexibility index (Phi) is 4.89. The number of alkyl halides is 6. The summed E-state index contributed by atoms with van der Waals surface area (Å²) in [6.45, 7) is 2.69. The van der Waals surface area contributed by atoms with Gasteiger partial charge in [-0.1, -0.05) is 6.07 Å². The number of rotatable bonds is 3. The summed E-state index contributed by atoms with van der Waals surface area (Å²) < 4.78 is 90.3. The number of hydrogen-bond donors (Lipinski definition) is 2. The van der Waals surface area contributed by atoms with Crippen molar-refractivity contribution in [3.8, 4) is 0 Å². The Morgan fingerprint density at radius 1 is 1.00 bits per heavy atom. The Morgan fingerprint density at radius 3 is 1.81 bits per heavy atom. The number of halogens is 7. The molecule has 0 fully saturated rings. The topological polar surface area (TPSA) is 38.0 Å². The second-order valence-corrected chi connectivity index (χ2v) is 4.68. The second kappa shape index (κ2) is 5.80. The van der Waals surface area contributed by atoms with E-state index < -0.39 is 35.7 Å². The molecule has 2 nitrogen and oxygen atoms in total. The maximum atomic E-state index is 13.9. The third kappa shape index (κ3) is 3.85. The fourth-order valence-electron chi connectivity index (χ4n) is 2.23. The molecule has 0 aromatic heterocycles. The summed E-state index contributed by atoms with van der Waals surface area (Å²) in [4.78, 5) is 0. The number of hydrazine groups is 1. The van der Waals surface area contributed by atoms with E-state index >= 15 is 0 Å². The first kappa shape index (κ1) is 17.7. The molecule has 1 aromatic carbocycles. The molecule has 21 heavy (non-hydrogen) atoms. The largest absolute Gasteiger partial charge is 0.402 e. The maximum Gasteiger partial charge on any atom is 0.402 e. The first-order valence-electron chi connectivity index (χ1n) is 5.75. The van der Waals surface area contributed by atoms with Crippen LogP contribution >= 0.6 is 0 Å². The van der Waals surface area contributed by atoms with Crippen molar-refractivity contribution in [2.24, 2.45) is 11.8 Å². The zero-order chi connectivity index (χ0) is 16.6. The molecule has 1 aromatic rings. The number of nitrogens with one attached hydrogen (secondary N) is 1. The molecule has 0 aliphatic carbocycles. The summed E-state index contributed by atoms with van der Waals surface area (Å²) >= 11 is 0. The molecular formula is C12H13F7N2. The summed E-state index contributed by atoms with van der Waals surface area (Å²) in [5.74, 6) is -0.128. The van der Waals surface area contributed by atoms with E-state index in [9.17, 15) is 30.7 Å². The predicted molar refractivity (Wildman–Crippen MR) is 61.5 cm³/mol. The standard InChI is InChI=1S/C12H13F7N2/c1-5-3-6(2)8(7(13)4-5)9(21-20)10(11(14,15)16)12(17,18)19/h3-4,9-10,21H,20H2,1-2H3. The van der Waals surface area contributed by atoms with E-state index in [0.29, 0.717) is 5.56 Å². The van der Waals surface area contributed by atoms with Gasteiger partial charge in [-0.3, -0.25) is 11.3 Å². The van der Waals surface area contributed by atoms with Crippen LogP contribution in [0.15, 0.2) is 12.1 Å². The molecule has 120 valence electrons. The van der Waals surface area contributed by atoms with Gasteiger partial charge in [-0.15, -0.1) is 0 Å². The third-order valence-electron chi connectivity index (χ3n) is 3.01. The highest BCUT2D eigenvalue weighted by Crippen LogP contribution is 2.47. The minimum atomic E-state index is -5.63. The fourth-order valence-corrected chi connectivity index (χ4v) is 2.23. The van der Waals surface area contributed by atoms with Gasteiger partial charge in [0, 0.05) is 5.56 Å². The van der Waals surface area contributed by atoms with E-state index in [1.165, 1.54) is 25.3 Å². The SMILES string of the molecule is Cc1cc(C)c(C(NN)C(C(F)(F)F)C(F)(F)F)c(F)c1. The molecule has 0 saturated carbocycles. The fraction of sp³-hybridized carbons (Fsp3) is 0.500. The number of hydrogen-bond acceptors (Lipinski definition) is 2. The smallest absolute Gasteiger partial charge is 0.271 e. The highest BCUT2D eigenvalue weighted by molar-refractivity contribution is 5.35. The van der Waals surface area contributed by atoms with Gasteiger partial charge < -0.3 is 0 Å². The molecular weight excluding hydrogens is 305 g/mol. The van der Waals surface area contributed by atoms with Crippen molar-refractivity contribution in [3.05, 3.63) is 34.6 Å². The van der Waals surface area contributed by atoms with Crippen LogP contribution in [0.25, 0.3) is 0 Å². The molecule has 0 heterocycles. The molecule has 1 atom stereocenters. The van der Waals surface area contributed by atoms with Crippen molar-refractivity contribution < 1.29 is 30.7 Å². The van der Waals surface area contributed by atoms with Gasteiger partial charge in [0.05, 0.1) is 6.04 Å². The predicted octanol–water partition coefficient (Wildman–Crippen LogP) is 3.69. The van der Waals surface area contributed by atoms with E-state index in [1.807, 2.05) is 0 Å². The number of benzene rings is 1. The lowest BCUT2D eigenvalue weighted by molar-refractivity contribution is -0.293. The quantitative estimate of drug-likeness (QED) is 0.507. The number of nitrogens with two attached hydrogens (primary N) is 1. The van der Waals surface area contributed by atoms with Crippen LogP contribution in [-0.4, -0.2) is 12.4 Å². The van der Waals surface area contributed by atoms with E-state index in [-0.39, 0.29) is 5.56 Å². The highest BCUT2D eigenvalue weighted by Gasteiger charge is 2.61. The minimum Gasteiger partial charge on any atom is -0.271 e. The molecule has 0 spiro atoms. The van der Waals surface area contributed by atoms with Gasteiger partial charge >= 0.3 is 12.4 Å². The normalized spacial score (nSPS) is 14.6. The molecule has 0 amide bonds. The lowest BCUT2D eigenvalue weighted by Gasteiger charge is -2.31. The molecule has 0 saturated heterocycles. The number of aryl methyl sites for hydroxylation is 2. The van der Waals surface area contributed by atoms with E-state index in [0.717, 1.165) is 6.07 Å². The summed E-state index contributed by atoms with van der Waals surface area (Å²) in [5.41, 5.74) is 1.03. The van der Waals surface area contributed by atoms with Crippen LogP contribution in [-0.2, 0) is 0 Å². The first-order valence-corrected chi connectivity index (χ1v) is 5.75. The van der Waals surface area contributed by atoms with Gasteiger partial charge in [0.15, 0.2) is 5.92 Å². The maximum absolute atomic E-state index is 13.9. The third-order valence-corrected chi connectivity index (χ3v) is 3.01. The summed E-state index contributed by atoms with van der Waals surface area (Å²) in [5, 5.41) is 0. The van der Waals surface area contributed by atoms with Gasteiger partial charge in [-0.2, -0.15) is 26.3 Å². The Bertz CT molecular complexity index is 470. The lowest BCUT2D eigenvalue weighted by Crippen LogP contribution is -2.48. The Balaban J connectivity index is 3.48. The van der Waals surface area contributed by atoms with Crippen molar-refractivity contribution in [1.29, 1.82) is 0 Å². The van der Waals surface area contributed by atoms with Crippen LogP contribution in [0.3, 0.4) is 0 Å². The summed E-state index contributed by atoms with van der Waals surface area (Å²) in [6.07, 6.45) is -11.3. The Hall–Kier alpha value is -1.35. The van der Waals surface area contributed by atoms with Crippen LogP contribution in [0, 0.1) is 25.6 Å². The average molecular weight is 318 g/mol. The molecule has 0 aliphatic heterocycles. The molecule has 1 rings (SSSR count). The van der Waals surface area contributed by atoms with Crippen LogP contribution in [0.5, 0.6) is 0 Å². The zero-order valence-electron chi connectivity index (χ0n) is 11.0. The molecule has 3 N–H and O–H groups in total. The minimum absolute atomic E-state index is 0.0473. The average Bonchev–Trinajstić information content (AvgIpc) is 2.22. The Morgan fingerprint density at radius 2 is 1.48 bits per heavy atom. The van der Waals surface area contributed by atoms with Crippen molar-refractivity contribution in [2.75, 3.05) is 0 Å². The van der Waals surface area contributed by atoms with Crippen molar-refractivity contribution >= 4 is 0 Å². The van der Waals surface area contributed by atoms with Crippen molar-refractivity contribution in [2.45, 2.75) is 32.2 Å². The molecule has 0 bridgehead atoms. The van der Waals surface area contributed by atoms with E-state index in [2.05, 4.69) is 0 Å².